The zero-order valence-corrected chi connectivity index (χ0v) is 14.0. The molecule has 0 amide bonds. The van der Waals surface area contributed by atoms with Crippen molar-refractivity contribution < 1.29 is 4.39 Å². The largest absolute Gasteiger partial charge is 0.365 e. The average molecular weight is 337 g/mol. The fraction of sp³-hybridized carbons (Fsp3) is 0.211. The second-order valence-electron chi connectivity index (χ2n) is 5.75. The molecule has 0 fully saturated rings. The molecule has 0 saturated carbocycles. The second kappa shape index (κ2) is 8.19. The van der Waals surface area contributed by atoms with Gasteiger partial charge < -0.3 is 10.6 Å². The molecule has 1 aromatic heterocycles. The van der Waals surface area contributed by atoms with Crippen LogP contribution in [0.15, 0.2) is 54.7 Å². The number of anilines is 2. The summed E-state index contributed by atoms with van der Waals surface area (Å²) in [7, 11) is 0. The first-order chi connectivity index (χ1) is 12.2. The molecule has 3 rings (SSSR count). The van der Waals surface area contributed by atoms with Crippen molar-refractivity contribution in [2.24, 2.45) is 0 Å². The van der Waals surface area contributed by atoms with Gasteiger partial charge in [-0.1, -0.05) is 36.4 Å². The summed E-state index contributed by atoms with van der Waals surface area (Å²) < 4.78 is 12.9. The molecule has 25 heavy (non-hydrogen) atoms. The number of aromatic nitrogens is 3. The number of hydrogen-bond acceptors (Lipinski definition) is 5. The molecule has 0 aliphatic rings. The van der Waals surface area contributed by atoms with Crippen LogP contribution in [0.5, 0.6) is 0 Å². The van der Waals surface area contributed by atoms with Gasteiger partial charge in [-0.05, 0) is 42.2 Å². The third-order valence-electron chi connectivity index (χ3n) is 3.89. The van der Waals surface area contributed by atoms with Gasteiger partial charge in [-0.25, -0.2) is 4.39 Å². The average Bonchev–Trinajstić information content (AvgIpc) is 2.63. The Kier molecular flexibility index (Phi) is 5.51. The highest BCUT2D eigenvalue weighted by Crippen LogP contribution is 2.11. The maximum Gasteiger partial charge on any atom is 0.244 e. The van der Waals surface area contributed by atoms with E-state index in [1.165, 1.54) is 23.3 Å². The summed E-state index contributed by atoms with van der Waals surface area (Å²) in [6.07, 6.45) is 2.36. The van der Waals surface area contributed by atoms with Crippen molar-refractivity contribution in [1.82, 2.24) is 15.2 Å². The third kappa shape index (κ3) is 4.97. The van der Waals surface area contributed by atoms with E-state index in [4.69, 9.17) is 0 Å². The van der Waals surface area contributed by atoms with Crippen LogP contribution in [0.25, 0.3) is 0 Å². The van der Waals surface area contributed by atoms with E-state index in [1.807, 2.05) is 12.1 Å². The van der Waals surface area contributed by atoms with Crippen molar-refractivity contribution in [3.05, 3.63) is 77.2 Å². The molecule has 0 atom stereocenters. The van der Waals surface area contributed by atoms with E-state index in [2.05, 4.69) is 44.9 Å². The smallest absolute Gasteiger partial charge is 0.244 e. The summed E-state index contributed by atoms with van der Waals surface area (Å²) in [5, 5.41) is 14.4. The Bertz CT molecular complexity index is 820. The Morgan fingerprint density at radius 2 is 1.80 bits per heavy atom. The quantitative estimate of drug-likeness (QED) is 0.690. The lowest BCUT2D eigenvalue weighted by Crippen LogP contribution is -2.11. The maximum atomic E-state index is 12.9. The molecular formula is C19H20FN5. The van der Waals surface area contributed by atoms with E-state index in [0.29, 0.717) is 24.9 Å². The number of benzene rings is 2. The number of halogens is 1. The SMILES string of the molecule is Cc1ccccc1CNc1cnnc(NCCc2ccc(F)cc2)n1. The summed E-state index contributed by atoms with van der Waals surface area (Å²) in [5.41, 5.74) is 3.50. The number of hydrogen-bond donors (Lipinski definition) is 2. The molecule has 0 radical (unpaired) electrons. The molecule has 0 unspecified atom stereocenters. The van der Waals surface area contributed by atoms with Gasteiger partial charge in [-0.15, -0.1) is 5.10 Å². The van der Waals surface area contributed by atoms with Gasteiger partial charge in [0.1, 0.15) is 5.82 Å². The first-order valence-corrected chi connectivity index (χ1v) is 8.17. The van der Waals surface area contributed by atoms with Crippen molar-refractivity contribution in [2.45, 2.75) is 19.9 Å². The van der Waals surface area contributed by atoms with Crippen LogP contribution in [-0.2, 0) is 13.0 Å². The normalized spacial score (nSPS) is 10.5. The monoisotopic (exact) mass is 337 g/mol. The summed E-state index contributed by atoms with van der Waals surface area (Å²) in [6.45, 7) is 3.41. The minimum Gasteiger partial charge on any atom is -0.365 e. The minimum atomic E-state index is -0.225. The van der Waals surface area contributed by atoms with Gasteiger partial charge >= 0.3 is 0 Å². The summed E-state index contributed by atoms with van der Waals surface area (Å²) in [6, 6.07) is 14.7. The second-order valence-corrected chi connectivity index (χ2v) is 5.75. The molecule has 0 bridgehead atoms. The van der Waals surface area contributed by atoms with Crippen LogP contribution in [0.1, 0.15) is 16.7 Å². The minimum absolute atomic E-state index is 0.225. The maximum absolute atomic E-state index is 12.9. The highest BCUT2D eigenvalue weighted by atomic mass is 19.1. The van der Waals surface area contributed by atoms with Crippen LogP contribution < -0.4 is 10.6 Å². The van der Waals surface area contributed by atoms with E-state index in [0.717, 1.165) is 12.0 Å². The van der Waals surface area contributed by atoms with Crippen LogP contribution in [0.4, 0.5) is 16.2 Å². The standard InChI is InChI=1S/C19H20FN5/c1-14-4-2-3-5-16(14)12-22-18-13-23-25-19(24-18)21-11-10-15-6-8-17(20)9-7-15/h2-9,13H,10-12H2,1H3,(H2,21,22,24,25). The van der Waals surface area contributed by atoms with Crippen LogP contribution in [-0.4, -0.2) is 21.7 Å². The first kappa shape index (κ1) is 16.8. The molecule has 0 aliphatic carbocycles. The van der Waals surface area contributed by atoms with Gasteiger partial charge in [0, 0.05) is 13.1 Å². The van der Waals surface area contributed by atoms with Gasteiger partial charge in [0.25, 0.3) is 0 Å². The molecule has 2 N–H and O–H groups in total. The van der Waals surface area contributed by atoms with Crippen molar-refractivity contribution in [3.8, 4) is 0 Å². The van der Waals surface area contributed by atoms with Gasteiger partial charge in [0.15, 0.2) is 5.82 Å². The number of nitrogens with zero attached hydrogens (tertiary/aromatic N) is 3. The van der Waals surface area contributed by atoms with E-state index < -0.39 is 0 Å². The number of aryl methyl sites for hydroxylation is 1. The van der Waals surface area contributed by atoms with Gasteiger partial charge in [-0.3, -0.25) is 0 Å². The Morgan fingerprint density at radius 3 is 2.60 bits per heavy atom. The van der Waals surface area contributed by atoms with E-state index in [1.54, 1.807) is 18.3 Å². The lowest BCUT2D eigenvalue weighted by molar-refractivity contribution is 0.627. The van der Waals surface area contributed by atoms with Gasteiger partial charge in [0.05, 0.1) is 6.20 Å². The number of rotatable bonds is 7. The lowest BCUT2D eigenvalue weighted by Gasteiger charge is -2.09. The predicted octanol–water partition coefficient (Wildman–Crippen LogP) is 3.59. The Labute approximate surface area is 146 Å². The Morgan fingerprint density at radius 1 is 1.00 bits per heavy atom. The fourth-order valence-corrected chi connectivity index (χ4v) is 2.43. The highest BCUT2D eigenvalue weighted by Gasteiger charge is 2.02. The molecule has 5 nitrogen and oxygen atoms in total. The zero-order valence-electron chi connectivity index (χ0n) is 14.0. The van der Waals surface area contributed by atoms with E-state index in [-0.39, 0.29) is 5.82 Å². The lowest BCUT2D eigenvalue weighted by atomic mass is 10.1. The molecule has 1 heterocycles. The van der Waals surface area contributed by atoms with E-state index >= 15 is 0 Å². The molecule has 128 valence electrons. The third-order valence-corrected chi connectivity index (χ3v) is 3.89. The Hall–Kier alpha value is -3.02. The molecule has 0 aliphatic heterocycles. The van der Waals surface area contributed by atoms with Crippen molar-refractivity contribution in [1.29, 1.82) is 0 Å². The van der Waals surface area contributed by atoms with Crippen molar-refractivity contribution >= 4 is 11.8 Å². The molecular weight excluding hydrogens is 317 g/mol. The Balaban J connectivity index is 1.52. The van der Waals surface area contributed by atoms with E-state index in [9.17, 15) is 4.39 Å². The first-order valence-electron chi connectivity index (χ1n) is 8.17. The summed E-state index contributed by atoms with van der Waals surface area (Å²) in [5.74, 6) is 0.913. The van der Waals surface area contributed by atoms with Crippen LogP contribution in [0.2, 0.25) is 0 Å². The van der Waals surface area contributed by atoms with Crippen LogP contribution in [0.3, 0.4) is 0 Å². The van der Waals surface area contributed by atoms with Crippen molar-refractivity contribution in [2.75, 3.05) is 17.2 Å². The fourth-order valence-electron chi connectivity index (χ4n) is 2.43. The zero-order chi connectivity index (χ0) is 17.5. The van der Waals surface area contributed by atoms with Crippen LogP contribution >= 0.6 is 0 Å². The van der Waals surface area contributed by atoms with Crippen molar-refractivity contribution in [3.63, 3.8) is 0 Å². The molecule has 0 saturated heterocycles. The van der Waals surface area contributed by atoms with Gasteiger partial charge in [-0.2, -0.15) is 10.1 Å². The number of nitrogens with one attached hydrogen (secondary N) is 2. The molecule has 0 spiro atoms. The molecule has 2 aromatic carbocycles. The summed E-state index contributed by atoms with van der Waals surface area (Å²) in [4.78, 5) is 4.41. The van der Waals surface area contributed by atoms with Crippen LogP contribution in [0, 0.1) is 12.7 Å². The van der Waals surface area contributed by atoms with Gasteiger partial charge in [0.2, 0.25) is 5.95 Å². The topological polar surface area (TPSA) is 62.7 Å². The molecule has 3 aromatic rings. The highest BCUT2D eigenvalue weighted by molar-refractivity contribution is 5.39. The molecule has 6 heteroatoms. The summed E-state index contributed by atoms with van der Waals surface area (Å²) >= 11 is 0. The predicted molar refractivity (Wildman–Crippen MR) is 96.9 cm³/mol.